The Morgan fingerprint density at radius 3 is 2.53 bits per heavy atom. The first-order valence-corrected chi connectivity index (χ1v) is 4.88. The van der Waals surface area contributed by atoms with Gasteiger partial charge >= 0.3 is 0 Å². The molecule has 1 fully saturated rings. The molecule has 1 aromatic carbocycles. The van der Waals surface area contributed by atoms with Gasteiger partial charge in [0.15, 0.2) is 5.96 Å². The van der Waals surface area contributed by atoms with Gasteiger partial charge in [0, 0.05) is 19.6 Å². The average Bonchev–Trinajstić information content (AvgIpc) is 2.56. The van der Waals surface area contributed by atoms with Crippen LogP contribution in [0, 0.1) is 12.3 Å². The summed E-state index contributed by atoms with van der Waals surface area (Å²) in [7, 11) is 0. The van der Waals surface area contributed by atoms with E-state index in [-0.39, 0.29) is 17.0 Å². The van der Waals surface area contributed by atoms with E-state index in [9.17, 15) is 0 Å². The topological polar surface area (TPSA) is 39.1 Å². The standard InChI is InChI=1S/C11H15N3.BrH/c1-9-2-4-10(5-3-9)8-14-7-6-13-11(14)12;/h2-5H,6-8H2,1H3,(H2,12,13);1H. The highest BCUT2D eigenvalue weighted by Gasteiger charge is 2.15. The molecule has 0 spiro atoms. The first-order chi connectivity index (χ1) is 6.75. The molecule has 0 atom stereocenters. The van der Waals surface area contributed by atoms with E-state index in [1.165, 1.54) is 11.1 Å². The smallest absolute Gasteiger partial charge is 0.191 e. The van der Waals surface area contributed by atoms with Crippen molar-refractivity contribution in [3.05, 3.63) is 35.4 Å². The average molecular weight is 270 g/mol. The quantitative estimate of drug-likeness (QED) is 0.861. The van der Waals surface area contributed by atoms with Crippen molar-refractivity contribution in [3.63, 3.8) is 0 Å². The lowest BCUT2D eigenvalue weighted by Crippen LogP contribution is -2.28. The van der Waals surface area contributed by atoms with E-state index < -0.39 is 0 Å². The van der Waals surface area contributed by atoms with Gasteiger partial charge in [-0.1, -0.05) is 29.8 Å². The maximum Gasteiger partial charge on any atom is 0.191 e. The molecule has 1 saturated heterocycles. The van der Waals surface area contributed by atoms with Crippen molar-refractivity contribution < 1.29 is 0 Å². The first-order valence-electron chi connectivity index (χ1n) is 4.88. The largest absolute Gasteiger partial charge is 0.355 e. The zero-order valence-corrected chi connectivity index (χ0v) is 10.5. The molecule has 1 aromatic rings. The van der Waals surface area contributed by atoms with Crippen LogP contribution in [0.3, 0.4) is 0 Å². The van der Waals surface area contributed by atoms with Gasteiger partial charge in [-0.25, -0.2) is 0 Å². The van der Waals surface area contributed by atoms with Gasteiger partial charge in [0.1, 0.15) is 0 Å². The summed E-state index contributed by atoms with van der Waals surface area (Å²) in [6.45, 7) is 4.76. The molecule has 1 aliphatic heterocycles. The molecule has 0 unspecified atom stereocenters. The van der Waals surface area contributed by atoms with Gasteiger partial charge < -0.3 is 10.2 Å². The minimum absolute atomic E-state index is 0. The molecule has 0 amide bonds. The molecule has 0 saturated carbocycles. The van der Waals surface area contributed by atoms with Gasteiger partial charge in [-0.3, -0.25) is 5.41 Å². The van der Waals surface area contributed by atoms with Crippen LogP contribution in [0.2, 0.25) is 0 Å². The van der Waals surface area contributed by atoms with Crippen molar-refractivity contribution in [2.24, 2.45) is 0 Å². The van der Waals surface area contributed by atoms with Gasteiger partial charge in [0.25, 0.3) is 0 Å². The number of halogens is 1. The van der Waals surface area contributed by atoms with Crippen LogP contribution >= 0.6 is 17.0 Å². The third-order valence-corrected chi connectivity index (χ3v) is 2.48. The summed E-state index contributed by atoms with van der Waals surface area (Å²) in [4.78, 5) is 2.05. The minimum Gasteiger partial charge on any atom is -0.355 e. The summed E-state index contributed by atoms with van der Waals surface area (Å²) in [5.41, 5.74) is 2.55. The van der Waals surface area contributed by atoms with Gasteiger partial charge in [0.2, 0.25) is 0 Å². The fraction of sp³-hybridized carbons (Fsp3) is 0.364. The molecule has 1 heterocycles. The van der Waals surface area contributed by atoms with Crippen molar-refractivity contribution in [1.82, 2.24) is 10.2 Å². The lowest BCUT2D eigenvalue weighted by atomic mass is 10.1. The Bertz CT molecular complexity index is 334. The fourth-order valence-electron chi connectivity index (χ4n) is 1.60. The third kappa shape index (κ3) is 2.96. The number of hydrogen-bond acceptors (Lipinski definition) is 1. The summed E-state index contributed by atoms with van der Waals surface area (Å²) in [6.07, 6.45) is 0. The van der Waals surface area contributed by atoms with Crippen LogP contribution in [0.15, 0.2) is 24.3 Å². The van der Waals surface area contributed by atoms with Crippen LogP contribution in [0.1, 0.15) is 11.1 Å². The summed E-state index contributed by atoms with van der Waals surface area (Å²) in [5.74, 6) is 0.547. The van der Waals surface area contributed by atoms with E-state index in [0.717, 1.165) is 19.6 Å². The third-order valence-electron chi connectivity index (χ3n) is 2.48. The number of benzene rings is 1. The van der Waals surface area contributed by atoms with Crippen molar-refractivity contribution in [1.29, 1.82) is 5.41 Å². The predicted octanol–water partition coefficient (Wildman–Crippen LogP) is 1.91. The van der Waals surface area contributed by atoms with Crippen LogP contribution in [0.25, 0.3) is 0 Å². The monoisotopic (exact) mass is 269 g/mol. The molecule has 4 heteroatoms. The maximum absolute atomic E-state index is 7.61. The summed E-state index contributed by atoms with van der Waals surface area (Å²) in [6, 6.07) is 8.48. The molecule has 0 aliphatic carbocycles. The molecule has 3 nitrogen and oxygen atoms in total. The van der Waals surface area contributed by atoms with Crippen molar-refractivity contribution >= 4 is 22.9 Å². The van der Waals surface area contributed by atoms with Crippen LogP contribution < -0.4 is 5.32 Å². The summed E-state index contributed by atoms with van der Waals surface area (Å²) >= 11 is 0. The van der Waals surface area contributed by atoms with E-state index >= 15 is 0 Å². The van der Waals surface area contributed by atoms with Crippen LogP contribution in [-0.4, -0.2) is 23.9 Å². The Kier molecular flexibility index (Phi) is 4.15. The van der Waals surface area contributed by atoms with Crippen molar-refractivity contribution in [2.45, 2.75) is 13.5 Å². The summed E-state index contributed by atoms with van der Waals surface area (Å²) < 4.78 is 0. The van der Waals surface area contributed by atoms with E-state index in [1.807, 2.05) is 4.90 Å². The number of nitrogens with zero attached hydrogens (tertiary/aromatic N) is 1. The maximum atomic E-state index is 7.61. The van der Waals surface area contributed by atoms with Crippen LogP contribution in [-0.2, 0) is 6.54 Å². The molecular weight excluding hydrogens is 254 g/mol. The van der Waals surface area contributed by atoms with Crippen molar-refractivity contribution in [2.75, 3.05) is 13.1 Å². The van der Waals surface area contributed by atoms with Crippen LogP contribution in [0.4, 0.5) is 0 Å². The molecule has 82 valence electrons. The molecule has 0 radical (unpaired) electrons. The Morgan fingerprint density at radius 2 is 2.00 bits per heavy atom. The molecule has 15 heavy (non-hydrogen) atoms. The highest BCUT2D eigenvalue weighted by Crippen LogP contribution is 2.08. The van der Waals surface area contributed by atoms with Gasteiger partial charge in [-0.15, -0.1) is 17.0 Å². The fourth-order valence-corrected chi connectivity index (χ4v) is 1.60. The van der Waals surface area contributed by atoms with Gasteiger partial charge in [-0.2, -0.15) is 0 Å². The number of hydrogen-bond donors (Lipinski definition) is 2. The molecule has 2 N–H and O–H groups in total. The number of rotatable bonds is 2. The molecule has 0 aromatic heterocycles. The SMILES string of the molecule is Br.Cc1ccc(CN2CCNC2=N)cc1. The first kappa shape index (κ1) is 12.0. The Balaban J connectivity index is 0.00000112. The lowest BCUT2D eigenvalue weighted by Gasteiger charge is -2.16. The predicted molar refractivity (Wildman–Crippen MR) is 67.6 cm³/mol. The molecule has 1 aliphatic rings. The second kappa shape index (κ2) is 5.16. The molecule has 2 rings (SSSR count). The summed E-state index contributed by atoms with van der Waals surface area (Å²) in [5, 5.41) is 10.6. The Labute approximate surface area is 101 Å². The van der Waals surface area contributed by atoms with E-state index in [1.54, 1.807) is 0 Å². The second-order valence-electron chi connectivity index (χ2n) is 3.68. The lowest BCUT2D eigenvalue weighted by molar-refractivity contribution is 0.454. The highest BCUT2D eigenvalue weighted by molar-refractivity contribution is 8.93. The number of guanidine groups is 1. The van der Waals surface area contributed by atoms with Crippen LogP contribution in [0.5, 0.6) is 0 Å². The normalized spacial score (nSPS) is 14.7. The number of nitrogens with one attached hydrogen (secondary N) is 2. The Hall–Kier alpha value is -1.03. The van der Waals surface area contributed by atoms with Crippen molar-refractivity contribution in [3.8, 4) is 0 Å². The van der Waals surface area contributed by atoms with Gasteiger partial charge in [0.05, 0.1) is 0 Å². The van der Waals surface area contributed by atoms with E-state index in [2.05, 4.69) is 36.5 Å². The zero-order chi connectivity index (χ0) is 9.97. The minimum atomic E-state index is 0. The highest BCUT2D eigenvalue weighted by atomic mass is 79.9. The molecule has 0 bridgehead atoms. The van der Waals surface area contributed by atoms with E-state index in [4.69, 9.17) is 5.41 Å². The second-order valence-corrected chi connectivity index (χ2v) is 3.68. The Morgan fingerprint density at radius 1 is 1.33 bits per heavy atom. The van der Waals surface area contributed by atoms with Gasteiger partial charge in [-0.05, 0) is 12.5 Å². The number of aryl methyl sites for hydroxylation is 1. The van der Waals surface area contributed by atoms with E-state index in [0.29, 0.717) is 5.96 Å². The molecular formula is C11H16BrN3. The zero-order valence-electron chi connectivity index (χ0n) is 8.79.